The smallest absolute Gasteiger partial charge is 0.330 e. The van der Waals surface area contributed by atoms with E-state index in [9.17, 15) is 14.0 Å². The maximum Gasteiger partial charge on any atom is 0.330 e. The normalized spacial score (nSPS) is 16.5. The molecule has 96 valence electrons. The molecule has 0 aliphatic carbocycles. The summed E-state index contributed by atoms with van der Waals surface area (Å²) in [5.41, 5.74) is -2.53. The van der Waals surface area contributed by atoms with Gasteiger partial charge in [-0.3, -0.25) is 14.3 Å². The Morgan fingerprint density at radius 3 is 2.76 bits per heavy atom. The van der Waals surface area contributed by atoms with Gasteiger partial charge < -0.3 is 9.84 Å². The second-order valence-corrected chi connectivity index (χ2v) is 3.98. The number of H-pyrrole nitrogens is 1. The van der Waals surface area contributed by atoms with Crippen LogP contribution in [0.1, 0.15) is 20.1 Å². The summed E-state index contributed by atoms with van der Waals surface area (Å²) < 4.78 is 19.0. The molecule has 0 aromatic carbocycles. The van der Waals surface area contributed by atoms with Crippen LogP contribution in [-0.2, 0) is 4.74 Å². The summed E-state index contributed by atoms with van der Waals surface area (Å²) in [5, 5.41) is 8.98. The molecule has 6 nitrogen and oxygen atoms in total. The van der Waals surface area contributed by atoms with Crippen molar-refractivity contribution >= 4 is 0 Å². The van der Waals surface area contributed by atoms with E-state index in [1.807, 2.05) is 0 Å². The number of hydrogen-bond donors (Lipinski definition) is 2. The van der Waals surface area contributed by atoms with E-state index in [0.29, 0.717) is 0 Å². The number of aliphatic hydroxyl groups is 1. The van der Waals surface area contributed by atoms with Crippen molar-refractivity contribution < 1.29 is 14.2 Å². The molecule has 1 unspecified atom stereocenters. The van der Waals surface area contributed by atoms with Crippen LogP contribution in [-0.4, -0.2) is 33.5 Å². The van der Waals surface area contributed by atoms with Crippen LogP contribution in [0.25, 0.3) is 0 Å². The van der Waals surface area contributed by atoms with Gasteiger partial charge in [-0.25, -0.2) is 9.18 Å². The average molecular weight is 246 g/mol. The molecule has 0 saturated carbocycles. The van der Waals surface area contributed by atoms with Crippen LogP contribution in [0, 0.1) is 0 Å². The van der Waals surface area contributed by atoms with Gasteiger partial charge in [0.05, 0.1) is 6.61 Å². The van der Waals surface area contributed by atoms with Gasteiger partial charge in [0.1, 0.15) is 18.5 Å². The molecule has 1 aromatic heterocycles. The molecule has 0 radical (unpaired) electrons. The number of rotatable bonds is 5. The Morgan fingerprint density at radius 1 is 1.65 bits per heavy atom. The summed E-state index contributed by atoms with van der Waals surface area (Å²) in [6.45, 7) is 1.52. The summed E-state index contributed by atoms with van der Waals surface area (Å²) in [6, 6.07) is 1.16. The van der Waals surface area contributed by atoms with Gasteiger partial charge in [0, 0.05) is 12.3 Å². The second-order valence-electron chi connectivity index (χ2n) is 3.98. The van der Waals surface area contributed by atoms with Crippen LogP contribution in [0.5, 0.6) is 0 Å². The van der Waals surface area contributed by atoms with Gasteiger partial charge in [-0.05, 0) is 13.8 Å². The van der Waals surface area contributed by atoms with Crippen molar-refractivity contribution in [2.24, 2.45) is 0 Å². The van der Waals surface area contributed by atoms with Crippen molar-refractivity contribution in [1.82, 2.24) is 9.55 Å². The SMILES string of the molecule is CC(O[C@](C)(CO)CF)n1ccc(=O)[nH]c1=O. The number of aromatic amines is 1. The van der Waals surface area contributed by atoms with Gasteiger partial charge in [0.2, 0.25) is 0 Å². The predicted octanol–water partition coefficient (Wildman–Crippen LogP) is -0.208. The van der Waals surface area contributed by atoms with Crippen LogP contribution < -0.4 is 11.2 Å². The van der Waals surface area contributed by atoms with Crippen molar-refractivity contribution in [1.29, 1.82) is 0 Å². The highest BCUT2D eigenvalue weighted by molar-refractivity contribution is 4.84. The molecule has 0 spiro atoms. The quantitative estimate of drug-likeness (QED) is 0.753. The second kappa shape index (κ2) is 5.24. The number of alkyl halides is 1. The number of halogens is 1. The Kier molecular flexibility index (Phi) is 4.19. The zero-order valence-electron chi connectivity index (χ0n) is 9.64. The van der Waals surface area contributed by atoms with Crippen LogP contribution in [0.3, 0.4) is 0 Å². The molecule has 7 heteroatoms. The molecule has 0 aliphatic rings. The Bertz CT molecular complexity index is 478. The van der Waals surface area contributed by atoms with Crippen LogP contribution in [0.4, 0.5) is 4.39 Å². The maximum atomic E-state index is 12.7. The van der Waals surface area contributed by atoms with E-state index in [2.05, 4.69) is 4.98 Å². The van der Waals surface area contributed by atoms with Crippen molar-refractivity contribution in [3.05, 3.63) is 33.1 Å². The molecule has 0 amide bonds. The first-order valence-corrected chi connectivity index (χ1v) is 5.08. The zero-order valence-corrected chi connectivity index (χ0v) is 9.64. The van der Waals surface area contributed by atoms with Crippen LogP contribution in [0.15, 0.2) is 21.9 Å². The third-order valence-corrected chi connectivity index (χ3v) is 2.32. The summed E-state index contributed by atoms with van der Waals surface area (Å²) in [4.78, 5) is 24.3. The summed E-state index contributed by atoms with van der Waals surface area (Å²) in [6.07, 6.45) is 0.453. The van der Waals surface area contributed by atoms with Crippen molar-refractivity contribution in [2.75, 3.05) is 13.3 Å². The minimum absolute atomic E-state index is 0.508. The fourth-order valence-corrected chi connectivity index (χ4v) is 1.29. The monoisotopic (exact) mass is 246 g/mol. The molecule has 1 rings (SSSR count). The highest BCUT2D eigenvalue weighted by atomic mass is 19.1. The molecule has 0 saturated heterocycles. The molecule has 2 atom stereocenters. The van der Waals surface area contributed by atoms with Crippen LogP contribution in [0.2, 0.25) is 0 Å². The predicted molar refractivity (Wildman–Crippen MR) is 58.6 cm³/mol. The number of nitrogens with one attached hydrogen (secondary N) is 1. The Labute approximate surface area is 96.7 Å². The summed E-state index contributed by atoms with van der Waals surface area (Å²) >= 11 is 0. The van der Waals surface area contributed by atoms with E-state index in [1.54, 1.807) is 0 Å². The van der Waals surface area contributed by atoms with Gasteiger partial charge in [0.25, 0.3) is 5.56 Å². The zero-order chi connectivity index (χ0) is 13.1. The van der Waals surface area contributed by atoms with Crippen LogP contribution >= 0.6 is 0 Å². The van der Waals surface area contributed by atoms with Gasteiger partial charge in [0.15, 0.2) is 0 Å². The van der Waals surface area contributed by atoms with Gasteiger partial charge in [-0.1, -0.05) is 0 Å². The molecule has 1 heterocycles. The van der Waals surface area contributed by atoms with Crippen molar-refractivity contribution in [3.63, 3.8) is 0 Å². The number of nitrogens with zero attached hydrogens (tertiary/aromatic N) is 1. The lowest BCUT2D eigenvalue weighted by molar-refractivity contribution is -0.140. The van der Waals surface area contributed by atoms with E-state index in [1.165, 1.54) is 20.0 Å². The fraction of sp³-hybridized carbons (Fsp3) is 0.600. The molecular weight excluding hydrogens is 231 g/mol. The molecule has 0 fully saturated rings. The Hall–Kier alpha value is -1.47. The maximum absolute atomic E-state index is 12.7. The molecular formula is C10H15FN2O4. The molecule has 17 heavy (non-hydrogen) atoms. The lowest BCUT2D eigenvalue weighted by atomic mass is 10.1. The topological polar surface area (TPSA) is 84.3 Å². The van der Waals surface area contributed by atoms with E-state index in [4.69, 9.17) is 9.84 Å². The summed E-state index contributed by atoms with van der Waals surface area (Å²) in [5.74, 6) is 0. The lowest BCUT2D eigenvalue weighted by Crippen LogP contribution is -2.40. The highest BCUT2D eigenvalue weighted by Crippen LogP contribution is 2.17. The Balaban J connectivity index is 2.94. The molecule has 0 aliphatic heterocycles. The average Bonchev–Trinajstić information content (AvgIpc) is 2.28. The third kappa shape index (κ3) is 3.24. The number of hydrogen-bond acceptors (Lipinski definition) is 4. The fourth-order valence-electron chi connectivity index (χ4n) is 1.29. The molecule has 2 N–H and O–H groups in total. The first kappa shape index (κ1) is 13.6. The minimum atomic E-state index is -1.37. The first-order valence-electron chi connectivity index (χ1n) is 5.08. The summed E-state index contributed by atoms with van der Waals surface area (Å²) in [7, 11) is 0. The van der Waals surface area contributed by atoms with E-state index < -0.39 is 36.4 Å². The highest BCUT2D eigenvalue weighted by Gasteiger charge is 2.27. The van der Waals surface area contributed by atoms with Crippen molar-refractivity contribution in [3.8, 4) is 0 Å². The van der Waals surface area contributed by atoms with E-state index in [0.717, 1.165) is 10.6 Å². The molecule has 1 aromatic rings. The lowest BCUT2D eigenvalue weighted by Gasteiger charge is -2.28. The third-order valence-electron chi connectivity index (χ3n) is 2.32. The first-order chi connectivity index (χ1) is 7.91. The van der Waals surface area contributed by atoms with Gasteiger partial charge in [-0.2, -0.15) is 0 Å². The number of aromatic nitrogens is 2. The van der Waals surface area contributed by atoms with Gasteiger partial charge in [-0.15, -0.1) is 0 Å². The number of ether oxygens (including phenoxy) is 1. The standard InChI is InChI=1S/C10H15FN2O4/c1-7(17-10(2,5-11)6-14)13-4-3-8(15)12-9(13)16/h3-4,7,14H,5-6H2,1-2H3,(H,12,15,16)/t7?,10-/m0/s1. The molecule has 0 bridgehead atoms. The number of aliphatic hydroxyl groups excluding tert-OH is 1. The Morgan fingerprint density at radius 2 is 2.29 bits per heavy atom. The van der Waals surface area contributed by atoms with Gasteiger partial charge >= 0.3 is 5.69 Å². The van der Waals surface area contributed by atoms with E-state index in [-0.39, 0.29) is 0 Å². The van der Waals surface area contributed by atoms with Crippen molar-refractivity contribution in [2.45, 2.75) is 25.7 Å². The minimum Gasteiger partial charge on any atom is -0.393 e. The van der Waals surface area contributed by atoms with E-state index >= 15 is 0 Å². The largest absolute Gasteiger partial charge is 0.393 e.